The molecule has 1 unspecified atom stereocenters. The van der Waals surface area contributed by atoms with E-state index in [2.05, 4.69) is 28.1 Å². The molecule has 2 saturated carbocycles. The number of hydrogen-bond donors (Lipinski definition) is 3. The zero-order valence-corrected chi connectivity index (χ0v) is 17.4. The highest BCUT2D eigenvalue weighted by atomic mass is 16.2. The van der Waals surface area contributed by atoms with Crippen molar-refractivity contribution in [3.05, 3.63) is 35.4 Å². The molecular formula is C24H35N3O2. The highest BCUT2D eigenvalue weighted by Crippen LogP contribution is 2.29. The molecule has 1 aromatic rings. The Bertz CT molecular complexity index is 706. The maximum atomic E-state index is 12.6. The summed E-state index contributed by atoms with van der Waals surface area (Å²) < 4.78 is 0. The molecule has 5 heteroatoms. The van der Waals surface area contributed by atoms with Crippen LogP contribution in [-0.4, -0.2) is 30.4 Å². The molecule has 29 heavy (non-hydrogen) atoms. The smallest absolute Gasteiger partial charge is 0.237 e. The minimum absolute atomic E-state index is 0.108. The normalized spacial score (nSPS) is 27.7. The number of fused-ring (bicyclic) bond motifs is 1. The highest BCUT2D eigenvalue weighted by molar-refractivity contribution is 5.82. The second-order valence-corrected chi connectivity index (χ2v) is 9.21. The lowest BCUT2D eigenvalue weighted by molar-refractivity contribution is -0.127. The Morgan fingerprint density at radius 3 is 2.38 bits per heavy atom. The van der Waals surface area contributed by atoms with E-state index in [0.717, 1.165) is 58.0 Å². The van der Waals surface area contributed by atoms with E-state index < -0.39 is 0 Å². The Balaban J connectivity index is 1.16. The Labute approximate surface area is 174 Å². The molecule has 1 aliphatic heterocycles. The molecule has 0 bridgehead atoms. The van der Waals surface area contributed by atoms with Gasteiger partial charge in [-0.3, -0.25) is 9.59 Å². The fourth-order valence-electron chi connectivity index (χ4n) is 5.20. The average Bonchev–Trinajstić information content (AvgIpc) is 2.78. The molecule has 0 spiro atoms. The maximum absolute atomic E-state index is 12.6. The van der Waals surface area contributed by atoms with E-state index in [9.17, 15) is 9.59 Å². The summed E-state index contributed by atoms with van der Waals surface area (Å²) in [6.45, 7) is 1.49. The van der Waals surface area contributed by atoms with E-state index in [-0.39, 0.29) is 23.8 Å². The topological polar surface area (TPSA) is 70.2 Å². The average molecular weight is 398 g/mol. The van der Waals surface area contributed by atoms with Gasteiger partial charge < -0.3 is 16.0 Å². The van der Waals surface area contributed by atoms with Crippen molar-refractivity contribution < 1.29 is 9.59 Å². The lowest BCUT2D eigenvalue weighted by atomic mass is 9.81. The predicted octanol–water partition coefficient (Wildman–Crippen LogP) is 3.07. The number of amides is 2. The summed E-state index contributed by atoms with van der Waals surface area (Å²) in [4.78, 5) is 25.2. The van der Waals surface area contributed by atoms with E-state index in [1.807, 2.05) is 12.1 Å². The lowest BCUT2D eigenvalue weighted by Crippen LogP contribution is -2.49. The first-order chi connectivity index (χ1) is 14.2. The fraction of sp³-hybridized carbons (Fsp3) is 0.667. The number of carbonyl (C=O) groups is 2. The molecule has 0 radical (unpaired) electrons. The zero-order valence-electron chi connectivity index (χ0n) is 17.4. The van der Waals surface area contributed by atoms with Crippen LogP contribution < -0.4 is 16.0 Å². The molecule has 3 N–H and O–H groups in total. The van der Waals surface area contributed by atoms with Crippen LogP contribution in [0.5, 0.6) is 0 Å². The molecule has 158 valence electrons. The molecule has 0 aromatic heterocycles. The van der Waals surface area contributed by atoms with Crippen LogP contribution in [0.4, 0.5) is 0 Å². The quantitative estimate of drug-likeness (QED) is 0.715. The Morgan fingerprint density at radius 1 is 0.897 bits per heavy atom. The van der Waals surface area contributed by atoms with Gasteiger partial charge in [0.1, 0.15) is 0 Å². The Kier molecular flexibility index (Phi) is 6.86. The van der Waals surface area contributed by atoms with Gasteiger partial charge in [0, 0.05) is 25.0 Å². The van der Waals surface area contributed by atoms with Gasteiger partial charge in [0.05, 0.1) is 6.04 Å². The molecule has 0 saturated heterocycles. The summed E-state index contributed by atoms with van der Waals surface area (Å²) in [6.07, 6.45) is 10.8. The second kappa shape index (κ2) is 9.75. The molecule has 2 fully saturated rings. The predicted molar refractivity (Wildman–Crippen MR) is 114 cm³/mol. The molecule has 1 aromatic carbocycles. The number of nitrogens with one attached hydrogen (secondary N) is 3. The van der Waals surface area contributed by atoms with Crippen LogP contribution in [0.2, 0.25) is 0 Å². The van der Waals surface area contributed by atoms with Crippen LogP contribution in [0.3, 0.4) is 0 Å². The van der Waals surface area contributed by atoms with Crippen LogP contribution >= 0.6 is 0 Å². The van der Waals surface area contributed by atoms with Crippen LogP contribution in [0.15, 0.2) is 24.3 Å². The minimum atomic E-state index is -0.137. The van der Waals surface area contributed by atoms with Gasteiger partial charge in [-0.05, 0) is 62.0 Å². The van der Waals surface area contributed by atoms with Crippen LogP contribution in [0, 0.1) is 11.8 Å². The number of carbonyl (C=O) groups excluding carboxylic acids is 2. The van der Waals surface area contributed by atoms with Crippen LogP contribution in [0.25, 0.3) is 0 Å². The van der Waals surface area contributed by atoms with Crippen molar-refractivity contribution in [2.24, 2.45) is 11.8 Å². The number of hydrogen-bond acceptors (Lipinski definition) is 3. The third-order valence-corrected chi connectivity index (χ3v) is 7.13. The summed E-state index contributed by atoms with van der Waals surface area (Å²) in [5.41, 5.74) is 2.57. The molecular weight excluding hydrogens is 362 g/mol. The van der Waals surface area contributed by atoms with Crippen LogP contribution in [-0.2, 0) is 22.6 Å². The van der Waals surface area contributed by atoms with Crippen molar-refractivity contribution in [2.75, 3.05) is 6.54 Å². The first-order valence-corrected chi connectivity index (χ1v) is 11.6. The van der Waals surface area contributed by atoms with Crippen molar-refractivity contribution in [1.82, 2.24) is 16.0 Å². The maximum Gasteiger partial charge on any atom is 0.237 e. The van der Waals surface area contributed by atoms with Crippen LogP contribution in [0.1, 0.15) is 68.9 Å². The van der Waals surface area contributed by atoms with Gasteiger partial charge in [0.25, 0.3) is 0 Å². The van der Waals surface area contributed by atoms with Gasteiger partial charge in [-0.25, -0.2) is 0 Å². The SMILES string of the molecule is O=C(NC1CCCCC1)C1CCC(CNC(=O)C2Cc3ccccc3CN2)CC1. The van der Waals surface area contributed by atoms with E-state index in [4.69, 9.17) is 0 Å². The van der Waals surface area contributed by atoms with Gasteiger partial charge in [-0.1, -0.05) is 43.5 Å². The van der Waals surface area contributed by atoms with E-state index in [0.29, 0.717) is 12.0 Å². The zero-order chi connectivity index (χ0) is 20.1. The monoisotopic (exact) mass is 397 g/mol. The van der Waals surface area contributed by atoms with Crippen molar-refractivity contribution in [3.8, 4) is 0 Å². The molecule has 5 nitrogen and oxygen atoms in total. The lowest BCUT2D eigenvalue weighted by Gasteiger charge is -2.31. The standard InChI is InChI=1S/C24H35N3O2/c28-23(27-21-8-2-1-3-9-21)18-12-10-17(11-13-18)15-26-24(29)22-14-19-6-4-5-7-20(19)16-25-22/h4-7,17-18,21-22,25H,1-3,8-16H2,(H,26,29)(H,27,28). The van der Waals surface area contributed by atoms with E-state index in [1.165, 1.54) is 30.4 Å². The molecule has 1 atom stereocenters. The third kappa shape index (κ3) is 5.39. The van der Waals surface area contributed by atoms with Crippen molar-refractivity contribution in [2.45, 2.75) is 82.8 Å². The molecule has 4 rings (SSSR count). The molecule has 2 aliphatic carbocycles. The van der Waals surface area contributed by atoms with Crippen molar-refractivity contribution in [1.29, 1.82) is 0 Å². The van der Waals surface area contributed by atoms with E-state index in [1.54, 1.807) is 0 Å². The molecule has 1 heterocycles. The summed E-state index contributed by atoms with van der Waals surface area (Å²) in [5.74, 6) is 1.04. The van der Waals surface area contributed by atoms with Crippen molar-refractivity contribution in [3.63, 3.8) is 0 Å². The van der Waals surface area contributed by atoms with Gasteiger partial charge in [-0.15, -0.1) is 0 Å². The number of benzene rings is 1. The minimum Gasteiger partial charge on any atom is -0.354 e. The largest absolute Gasteiger partial charge is 0.354 e. The van der Waals surface area contributed by atoms with Gasteiger partial charge >= 0.3 is 0 Å². The summed E-state index contributed by atoms with van der Waals surface area (Å²) in [6, 6.07) is 8.60. The fourth-order valence-corrected chi connectivity index (χ4v) is 5.20. The second-order valence-electron chi connectivity index (χ2n) is 9.21. The molecule has 2 amide bonds. The van der Waals surface area contributed by atoms with Gasteiger partial charge in [0.15, 0.2) is 0 Å². The first kappa shape index (κ1) is 20.4. The Morgan fingerprint density at radius 2 is 1.62 bits per heavy atom. The highest BCUT2D eigenvalue weighted by Gasteiger charge is 2.29. The third-order valence-electron chi connectivity index (χ3n) is 7.13. The summed E-state index contributed by atoms with van der Waals surface area (Å²) in [7, 11) is 0. The van der Waals surface area contributed by atoms with Gasteiger partial charge in [0.2, 0.25) is 11.8 Å². The van der Waals surface area contributed by atoms with Gasteiger partial charge in [-0.2, -0.15) is 0 Å². The summed E-state index contributed by atoms with van der Waals surface area (Å²) in [5, 5.41) is 9.81. The number of rotatable bonds is 5. The first-order valence-electron chi connectivity index (χ1n) is 11.6. The van der Waals surface area contributed by atoms with E-state index >= 15 is 0 Å². The van der Waals surface area contributed by atoms with Crippen molar-refractivity contribution >= 4 is 11.8 Å². The molecule has 3 aliphatic rings. The Hall–Kier alpha value is -1.88. The summed E-state index contributed by atoms with van der Waals surface area (Å²) >= 11 is 0.